The van der Waals surface area contributed by atoms with Gasteiger partial charge in [0.05, 0.1) is 5.75 Å². The van der Waals surface area contributed by atoms with Crippen molar-refractivity contribution < 1.29 is 13.5 Å². The number of hydrogen-bond acceptors (Lipinski definition) is 4. The van der Waals surface area contributed by atoms with E-state index in [0.717, 1.165) is 24.0 Å². The van der Waals surface area contributed by atoms with Crippen molar-refractivity contribution in [3.05, 3.63) is 35.4 Å². The van der Waals surface area contributed by atoms with Gasteiger partial charge in [-0.1, -0.05) is 24.3 Å². The number of piperidine rings is 1. The molecule has 2 rings (SSSR count). The molecule has 0 aliphatic carbocycles. The van der Waals surface area contributed by atoms with Gasteiger partial charge in [0.2, 0.25) is 10.0 Å². The van der Waals surface area contributed by atoms with Gasteiger partial charge in [-0.05, 0) is 29.9 Å². The Balaban J connectivity index is 2.03. The number of nitrogens with zero attached hydrogens (tertiary/aromatic N) is 1. The van der Waals surface area contributed by atoms with Crippen LogP contribution in [0, 0.1) is 5.92 Å². The zero-order chi connectivity index (χ0) is 14.6. The van der Waals surface area contributed by atoms with Crippen LogP contribution < -0.4 is 5.73 Å². The summed E-state index contributed by atoms with van der Waals surface area (Å²) >= 11 is 0. The second-order valence-corrected chi connectivity index (χ2v) is 7.27. The maximum absolute atomic E-state index is 12.4. The molecule has 0 amide bonds. The average molecular weight is 298 g/mol. The minimum atomic E-state index is -3.28. The van der Waals surface area contributed by atoms with E-state index in [2.05, 4.69) is 0 Å². The smallest absolute Gasteiger partial charge is 0.218 e. The SMILES string of the molecule is NCc1cccc(CS(=O)(=O)N2CCC(CO)CC2)c1. The van der Waals surface area contributed by atoms with Gasteiger partial charge in [0.1, 0.15) is 0 Å². The Kier molecular flexibility index (Phi) is 5.15. The van der Waals surface area contributed by atoms with E-state index in [-0.39, 0.29) is 18.3 Å². The molecule has 0 spiro atoms. The van der Waals surface area contributed by atoms with Gasteiger partial charge in [0, 0.05) is 26.2 Å². The molecular formula is C14H22N2O3S. The summed E-state index contributed by atoms with van der Waals surface area (Å²) in [7, 11) is -3.28. The Hall–Kier alpha value is -0.950. The van der Waals surface area contributed by atoms with E-state index in [1.165, 1.54) is 4.31 Å². The molecule has 1 fully saturated rings. The van der Waals surface area contributed by atoms with Crippen molar-refractivity contribution in [3.8, 4) is 0 Å². The van der Waals surface area contributed by atoms with Crippen molar-refractivity contribution in [2.45, 2.75) is 25.1 Å². The molecule has 3 N–H and O–H groups in total. The first-order valence-electron chi connectivity index (χ1n) is 6.91. The third-order valence-corrected chi connectivity index (χ3v) is 5.65. The molecule has 0 radical (unpaired) electrons. The summed E-state index contributed by atoms with van der Waals surface area (Å²) < 4.78 is 26.3. The van der Waals surface area contributed by atoms with E-state index in [9.17, 15) is 8.42 Å². The number of aliphatic hydroxyl groups is 1. The predicted molar refractivity (Wildman–Crippen MR) is 78.3 cm³/mol. The first kappa shape index (κ1) is 15.4. The van der Waals surface area contributed by atoms with Gasteiger partial charge in [0.25, 0.3) is 0 Å². The van der Waals surface area contributed by atoms with Crippen LogP contribution in [0.4, 0.5) is 0 Å². The second-order valence-electron chi connectivity index (χ2n) is 5.31. The average Bonchev–Trinajstić information content (AvgIpc) is 2.47. The van der Waals surface area contributed by atoms with Gasteiger partial charge in [-0.25, -0.2) is 12.7 Å². The molecule has 1 aromatic carbocycles. The van der Waals surface area contributed by atoms with Gasteiger partial charge in [-0.2, -0.15) is 0 Å². The fourth-order valence-electron chi connectivity index (χ4n) is 2.52. The molecule has 1 heterocycles. The highest BCUT2D eigenvalue weighted by Crippen LogP contribution is 2.21. The lowest BCUT2D eigenvalue weighted by molar-refractivity contribution is 0.170. The van der Waals surface area contributed by atoms with E-state index in [0.29, 0.717) is 19.6 Å². The zero-order valence-electron chi connectivity index (χ0n) is 11.5. The monoisotopic (exact) mass is 298 g/mol. The van der Waals surface area contributed by atoms with Gasteiger partial charge in [-0.15, -0.1) is 0 Å². The van der Waals surface area contributed by atoms with Crippen LogP contribution >= 0.6 is 0 Å². The fourth-order valence-corrected chi connectivity index (χ4v) is 4.07. The first-order chi connectivity index (χ1) is 9.55. The van der Waals surface area contributed by atoms with E-state index in [1.54, 1.807) is 0 Å². The van der Waals surface area contributed by atoms with Gasteiger partial charge in [0.15, 0.2) is 0 Å². The third kappa shape index (κ3) is 3.79. The molecule has 20 heavy (non-hydrogen) atoms. The Morgan fingerprint density at radius 1 is 1.25 bits per heavy atom. The van der Waals surface area contributed by atoms with Crippen molar-refractivity contribution in [3.63, 3.8) is 0 Å². The van der Waals surface area contributed by atoms with Crippen molar-refractivity contribution in [1.82, 2.24) is 4.31 Å². The quantitative estimate of drug-likeness (QED) is 0.837. The number of sulfonamides is 1. The van der Waals surface area contributed by atoms with Crippen LogP contribution in [0.1, 0.15) is 24.0 Å². The Morgan fingerprint density at radius 3 is 2.50 bits per heavy atom. The molecule has 1 saturated heterocycles. The summed E-state index contributed by atoms with van der Waals surface area (Å²) in [5.74, 6) is 0.256. The highest BCUT2D eigenvalue weighted by atomic mass is 32.2. The largest absolute Gasteiger partial charge is 0.396 e. The Morgan fingerprint density at radius 2 is 1.90 bits per heavy atom. The van der Waals surface area contributed by atoms with E-state index >= 15 is 0 Å². The molecule has 112 valence electrons. The maximum Gasteiger partial charge on any atom is 0.218 e. The Bertz CT molecular complexity index is 537. The van der Waals surface area contributed by atoms with Gasteiger partial charge in [-0.3, -0.25) is 0 Å². The van der Waals surface area contributed by atoms with Crippen molar-refractivity contribution in [1.29, 1.82) is 0 Å². The molecule has 0 unspecified atom stereocenters. The van der Waals surface area contributed by atoms with Crippen LogP contribution in [-0.4, -0.2) is 37.5 Å². The summed E-state index contributed by atoms with van der Waals surface area (Å²) in [4.78, 5) is 0. The third-order valence-electron chi connectivity index (χ3n) is 3.80. The zero-order valence-corrected chi connectivity index (χ0v) is 12.3. The van der Waals surface area contributed by atoms with Gasteiger partial charge < -0.3 is 10.8 Å². The maximum atomic E-state index is 12.4. The lowest BCUT2D eigenvalue weighted by Crippen LogP contribution is -2.39. The van der Waals surface area contributed by atoms with Crippen molar-refractivity contribution in [2.75, 3.05) is 19.7 Å². The van der Waals surface area contributed by atoms with E-state index < -0.39 is 10.0 Å². The molecule has 1 aliphatic heterocycles. The highest BCUT2D eigenvalue weighted by molar-refractivity contribution is 7.88. The highest BCUT2D eigenvalue weighted by Gasteiger charge is 2.27. The molecule has 0 aromatic heterocycles. The second kappa shape index (κ2) is 6.67. The molecule has 0 atom stereocenters. The van der Waals surface area contributed by atoms with E-state index in [4.69, 9.17) is 10.8 Å². The minimum absolute atomic E-state index is 0.0185. The summed E-state index contributed by atoms with van der Waals surface area (Å²) in [5, 5.41) is 9.09. The molecule has 1 aliphatic rings. The first-order valence-corrected chi connectivity index (χ1v) is 8.52. The van der Waals surface area contributed by atoms with Crippen LogP contribution in [0.3, 0.4) is 0 Å². The molecule has 0 bridgehead atoms. The lowest BCUT2D eigenvalue weighted by atomic mass is 10.00. The number of nitrogens with two attached hydrogens (primary N) is 1. The molecule has 5 nitrogen and oxygen atoms in total. The number of rotatable bonds is 5. The number of hydrogen-bond donors (Lipinski definition) is 2. The van der Waals surface area contributed by atoms with Crippen molar-refractivity contribution >= 4 is 10.0 Å². The topological polar surface area (TPSA) is 83.6 Å². The molecule has 6 heteroatoms. The lowest BCUT2D eigenvalue weighted by Gasteiger charge is -2.30. The van der Waals surface area contributed by atoms with E-state index in [1.807, 2.05) is 24.3 Å². The summed E-state index contributed by atoms with van der Waals surface area (Å²) in [6.07, 6.45) is 1.47. The number of benzene rings is 1. The van der Waals surface area contributed by atoms with Crippen LogP contribution in [0.2, 0.25) is 0 Å². The standard InChI is InChI=1S/C14H22N2O3S/c15-9-13-2-1-3-14(8-13)11-20(18,19)16-6-4-12(10-17)5-7-16/h1-3,8,12,17H,4-7,9-11,15H2. The summed E-state index contributed by atoms with van der Waals surface area (Å²) in [6, 6.07) is 7.39. The minimum Gasteiger partial charge on any atom is -0.396 e. The van der Waals surface area contributed by atoms with Crippen LogP contribution in [0.15, 0.2) is 24.3 Å². The summed E-state index contributed by atoms with van der Waals surface area (Å²) in [5.41, 5.74) is 7.29. The van der Waals surface area contributed by atoms with Crippen LogP contribution in [-0.2, 0) is 22.3 Å². The predicted octanol–water partition coefficient (Wildman–Crippen LogP) is 0.679. The van der Waals surface area contributed by atoms with Crippen molar-refractivity contribution in [2.24, 2.45) is 11.7 Å². The number of aliphatic hydroxyl groups excluding tert-OH is 1. The molecular weight excluding hydrogens is 276 g/mol. The molecule has 1 aromatic rings. The molecule has 0 saturated carbocycles. The summed E-state index contributed by atoms with van der Waals surface area (Å²) in [6.45, 7) is 1.57. The van der Waals surface area contributed by atoms with Crippen LogP contribution in [0.5, 0.6) is 0 Å². The normalized spacial score (nSPS) is 18.3. The fraction of sp³-hybridized carbons (Fsp3) is 0.571. The van der Waals surface area contributed by atoms with Crippen LogP contribution in [0.25, 0.3) is 0 Å². The Labute approximate surface area is 120 Å². The van der Waals surface area contributed by atoms with Gasteiger partial charge >= 0.3 is 0 Å².